The minimum absolute atomic E-state index is 0.213. The van der Waals surface area contributed by atoms with Crippen LogP contribution in [0.1, 0.15) is 18.9 Å². The molecular formula is C13H21N3O3S. The van der Waals surface area contributed by atoms with Gasteiger partial charge >= 0.3 is 5.00 Å². The maximum Gasteiger partial charge on any atom is 0.324 e. The fourth-order valence-corrected chi connectivity index (χ4v) is 3.31. The number of nitro groups is 1. The van der Waals surface area contributed by atoms with E-state index in [1.165, 1.54) is 11.3 Å². The topological polar surface area (TPSA) is 69.8 Å². The van der Waals surface area contributed by atoms with E-state index in [1.54, 1.807) is 6.07 Å². The number of thiophene rings is 1. The molecule has 1 saturated heterocycles. The number of aliphatic hydroxyl groups excluding tert-OH is 1. The van der Waals surface area contributed by atoms with E-state index in [2.05, 4.69) is 16.7 Å². The highest BCUT2D eigenvalue weighted by Gasteiger charge is 2.22. The average molecular weight is 299 g/mol. The lowest BCUT2D eigenvalue weighted by molar-refractivity contribution is -0.380. The highest BCUT2D eigenvalue weighted by atomic mass is 32.1. The Morgan fingerprint density at radius 3 is 2.65 bits per heavy atom. The Kier molecular flexibility index (Phi) is 5.47. The van der Waals surface area contributed by atoms with Gasteiger partial charge in [-0.25, -0.2) is 0 Å². The Morgan fingerprint density at radius 1 is 1.45 bits per heavy atom. The molecule has 0 radical (unpaired) electrons. The van der Waals surface area contributed by atoms with Crippen LogP contribution >= 0.6 is 11.3 Å². The summed E-state index contributed by atoms with van der Waals surface area (Å²) in [6.07, 6.45) is 0.966. The summed E-state index contributed by atoms with van der Waals surface area (Å²) in [4.78, 5) is 15.0. The molecule has 0 amide bonds. The molecule has 1 N–H and O–H groups in total. The van der Waals surface area contributed by atoms with Crippen LogP contribution in [0.25, 0.3) is 0 Å². The molecule has 1 aromatic heterocycles. The summed E-state index contributed by atoms with van der Waals surface area (Å²) >= 11 is 1.19. The van der Waals surface area contributed by atoms with Gasteiger partial charge in [0.05, 0.1) is 11.5 Å². The maximum atomic E-state index is 10.7. The van der Waals surface area contributed by atoms with Crippen LogP contribution in [-0.4, -0.2) is 58.7 Å². The van der Waals surface area contributed by atoms with Gasteiger partial charge in [-0.1, -0.05) is 18.3 Å². The molecule has 6 nitrogen and oxygen atoms in total. The third-order valence-electron chi connectivity index (χ3n) is 3.83. The number of hydrogen-bond donors (Lipinski definition) is 1. The van der Waals surface area contributed by atoms with E-state index in [4.69, 9.17) is 0 Å². The first kappa shape index (κ1) is 15.4. The Bertz CT molecular complexity index is 440. The van der Waals surface area contributed by atoms with Gasteiger partial charge in [0.15, 0.2) is 0 Å². The fraction of sp³-hybridized carbons (Fsp3) is 0.692. The monoisotopic (exact) mass is 299 g/mol. The number of piperazine rings is 1. The predicted octanol–water partition coefficient (Wildman–Crippen LogP) is 1.54. The van der Waals surface area contributed by atoms with Crippen molar-refractivity contribution < 1.29 is 10.0 Å². The van der Waals surface area contributed by atoms with E-state index in [9.17, 15) is 15.2 Å². The van der Waals surface area contributed by atoms with Crippen molar-refractivity contribution in [3.05, 3.63) is 27.1 Å². The van der Waals surface area contributed by atoms with Crippen LogP contribution in [0, 0.1) is 10.1 Å². The molecule has 0 saturated carbocycles. The van der Waals surface area contributed by atoms with Gasteiger partial charge in [-0.3, -0.25) is 19.9 Å². The smallest absolute Gasteiger partial charge is 0.324 e. The van der Waals surface area contributed by atoms with Gasteiger partial charge in [0.1, 0.15) is 0 Å². The first-order chi connectivity index (χ1) is 9.63. The Labute approximate surface area is 122 Å². The van der Waals surface area contributed by atoms with E-state index in [-0.39, 0.29) is 22.6 Å². The normalized spacial score (nSPS) is 19.1. The molecule has 2 rings (SSSR count). The molecule has 0 aliphatic carbocycles. The zero-order valence-electron chi connectivity index (χ0n) is 11.7. The molecule has 0 bridgehead atoms. The summed E-state index contributed by atoms with van der Waals surface area (Å²) in [5.41, 5.74) is 1.02. The third-order valence-corrected chi connectivity index (χ3v) is 4.76. The minimum atomic E-state index is -0.334. The predicted molar refractivity (Wildman–Crippen MR) is 79.0 cm³/mol. The second-order valence-electron chi connectivity index (χ2n) is 5.11. The molecule has 7 heteroatoms. The zero-order chi connectivity index (χ0) is 14.5. The molecule has 0 aromatic carbocycles. The van der Waals surface area contributed by atoms with Crippen LogP contribution in [0.5, 0.6) is 0 Å². The van der Waals surface area contributed by atoms with Crippen LogP contribution in [0.15, 0.2) is 11.4 Å². The summed E-state index contributed by atoms with van der Waals surface area (Å²) in [6.45, 7) is 6.87. The van der Waals surface area contributed by atoms with Crippen LogP contribution < -0.4 is 0 Å². The molecule has 1 unspecified atom stereocenters. The lowest BCUT2D eigenvalue weighted by Crippen LogP contribution is -2.50. The fourth-order valence-electron chi connectivity index (χ4n) is 2.59. The molecule has 20 heavy (non-hydrogen) atoms. The molecule has 2 heterocycles. The van der Waals surface area contributed by atoms with Gasteiger partial charge in [0.25, 0.3) is 0 Å². The standard InChI is InChI=1S/C13H21N3O3S/c1-2-12(9-17)15-5-3-14(4-6-15)8-11-7-13(16(18)19)20-10-11/h7,10,12,17H,2-6,8-9H2,1H3. The van der Waals surface area contributed by atoms with Crippen molar-refractivity contribution in [2.75, 3.05) is 32.8 Å². The van der Waals surface area contributed by atoms with E-state index < -0.39 is 0 Å². The molecule has 1 aliphatic heterocycles. The molecule has 1 aliphatic rings. The number of nitrogens with zero attached hydrogens (tertiary/aromatic N) is 3. The van der Waals surface area contributed by atoms with Gasteiger partial charge in [-0.05, 0) is 12.0 Å². The second kappa shape index (κ2) is 7.12. The third kappa shape index (κ3) is 3.76. The number of hydrogen-bond acceptors (Lipinski definition) is 6. The molecule has 1 fully saturated rings. The quantitative estimate of drug-likeness (QED) is 0.637. The van der Waals surface area contributed by atoms with Crippen molar-refractivity contribution in [1.29, 1.82) is 0 Å². The molecule has 112 valence electrons. The van der Waals surface area contributed by atoms with Crippen LogP contribution in [0.4, 0.5) is 5.00 Å². The largest absolute Gasteiger partial charge is 0.395 e. The molecule has 1 atom stereocenters. The number of aliphatic hydroxyl groups is 1. The lowest BCUT2D eigenvalue weighted by Gasteiger charge is -2.38. The van der Waals surface area contributed by atoms with Gasteiger partial charge < -0.3 is 5.11 Å². The summed E-state index contributed by atoms with van der Waals surface area (Å²) in [6, 6.07) is 1.93. The highest BCUT2D eigenvalue weighted by molar-refractivity contribution is 7.13. The maximum absolute atomic E-state index is 10.7. The zero-order valence-corrected chi connectivity index (χ0v) is 12.5. The molecule has 0 spiro atoms. The summed E-state index contributed by atoms with van der Waals surface area (Å²) in [5, 5.41) is 22.1. The van der Waals surface area contributed by atoms with E-state index >= 15 is 0 Å². The Hall–Kier alpha value is -1.02. The summed E-state index contributed by atoms with van der Waals surface area (Å²) in [7, 11) is 0. The van der Waals surface area contributed by atoms with E-state index in [0.29, 0.717) is 0 Å². The second-order valence-corrected chi connectivity index (χ2v) is 6.00. The first-order valence-corrected chi connectivity index (χ1v) is 7.81. The van der Waals surface area contributed by atoms with Crippen LogP contribution in [0.3, 0.4) is 0 Å². The molecule has 1 aromatic rings. The summed E-state index contributed by atoms with van der Waals surface area (Å²) in [5.74, 6) is 0. The minimum Gasteiger partial charge on any atom is -0.395 e. The van der Waals surface area contributed by atoms with Gasteiger partial charge in [-0.15, -0.1) is 0 Å². The van der Waals surface area contributed by atoms with Crippen molar-refractivity contribution in [2.45, 2.75) is 25.9 Å². The van der Waals surface area contributed by atoms with Gasteiger partial charge in [-0.2, -0.15) is 0 Å². The van der Waals surface area contributed by atoms with Gasteiger partial charge in [0.2, 0.25) is 0 Å². The Balaban J connectivity index is 1.83. The lowest BCUT2D eigenvalue weighted by atomic mass is 10.1. The van der Waals surface area contributed by atoms with E-state index in [1.807, 2.05) is 5.38 Å². The van der Waals surface area contributed by atoms with Crippen molar-refractivity contribution in [3.8, 4) is 0 Å². The van der Waals surface area contributed by atoms with Crippen molar-refractivity contribution in [2.24, 2.45) is 0 Å². The van der Waals surface area contributed by atoms with Crippen molar-refractivity contribution in [1.82, 2.24) is 9.80 Å². The number of rotatable bonds is 6. The summed E-state index contributed by atoms with van der Waals surface area (Å²) < 4.78 is 0. The van der Waals surface area contributed by atoms with Crippen molar-refractivity contribution >= 4 is 16.3 Å². The van der Waals surface area contributed by atoms with Gasteiger partial charge in [0, 0.05) is 50.2 Å². The van der Waals surface area contributed by atoms with Crippen molar-refractivity contribution in [3.63, 3.8) is 0 Å². The SMILES string of the molecule is CCC(CO)N1CCN(Cc2csc([N+](=O)[O-])c2)CC1. The Morgan fingerprint density at radius 2 is 2.15 bits per heavy atom. The van der Waals surface area contributed by atoms with Crippen LogP contribution in [-0.2, 0) is 6.54 Å². The highest BCUT2D eigenvalue weighted by Crippen LogP contribution is 2.24. The average Bonchev–Trinajstić information content (AvgIpc) is 2.91. The van der Waals surface area contributed by atoms with Crippen LogP contribution in [0.2, 0.25) is 0 Å². The first-order valence-electron chi connectivity index (χ1n) is 6.93. The molecular weight excluding hydrogens is 278 g/mol. The van der Waals surface area contributed by atoms with E-state index in [0.717, 1.165) is 44.7 Å².